The van der Waals surface area contributed by atoms with E-state index in [-0.39, 0.29) is 6.09 Å². The molecule has 0 saturated heterocycles. The van der Waals surface area contributed by atoms with Crippen molar-refractivity contribution in [3.8, 4) is 0 Å². The SMILES string of the molecule is Cc1c(Sc2cc3ccccc3o2)c2ccccc2n1C(=O)OC(C)(C)C. The lowest BCUT2D eigenvalue weighted by molar-refractivity contribution is 0.0541. The lowest BCUT2D eigenvalue weighted by atomic mass is 10.2. The first-order chi connectivity index (χ1) is 12.8. The fourth-order valence-electron chi connectivity index (χ4n) is 3.12. The number of para-hydroxylation sites is 2. The third-order valence-corrected chi connectivity index (χ3v) is 5.36. The molecule has 0 amide bonds. The van der Waals surface area contributed by atoms with Gasteiger partial charge in [-0.2, -0.15) is 0 Å². The molecule has 0 fully saturated rings. The Kier molecular flexibility index (Phi) is 4.27. The minimum Gasteiger partial charge on any atom is -0.450 e. The number of fused-ring (bicyclic) bond motifs is 2. The quantitative estimate of drug-likeness (QED) is 0.392. The number of nitrogens with zero attached hydrogens (tertiary/aromatic N) is 1. The summed E-state index contributed by atoms with van der Waals surface area (Å²) in [7, 11) is 0. The van der Waals surface area contributed by atoms with Crippen LogP contribution in [0.25, 0.3) is 21.9 Å². The largest absolute Gasteiger partial charge is 0.450 e. The summed E-state index contributed by atoms with van der Waals surface area (Å²) in [5.74, 6) is 0. The van der Waals surface area contributed by atoms with Gasteiger partial charge in [0.1, 0.15) is 11.2 Å². The molecule has 0 bridgehead atoms. The van der Waals surface area contributed by atoms with Gasteiger partial charge in [-0.3, -0.25) is 0 Å². The highest BCUT2D eigenvalue weighted by Gasteiger charge is 2.24. The molecule has 0 radical (unpaired) electrons. The van der Waals surface area contributed by atoms with Gasteiger partial charge in [-0.15, -0.1) is 0 Å². The predicted molar refractivity (Wildman–Crippen MR) is 109 cm³/mol. The first-order valence-corrected chi connectivity index (χ1v) is 9.65. The predicted octanol–water partition coefficient (Wildman–Crippen LogP) is 6.63. The Hall–Kier alpha value is -2.66. The zero-order valence-electron chi connectivity index (χ0n) is 15.8. The summed E-state index contributed by atoms with van der Waals surface area (Å²) in [5.41, 5.74) is 1.98. The third kappa shape index (κ3) is 3.35. The standard InChI is InChI=1S/C22H21NO3S/c1-14-20(27-19-13-15-9-5-8-12-18(15)25-19)16-10-6-7-11-17(16)23(14)21(24)26-22(2,3)4/h5-13H,1-4H3. The van der Waals surface area contributed by atoms with E-state index in [4.69, 9.17) is 9.15 Å². The Bertz CT molecular complexity index is 1110. The molecule has 0 atom stereocenters. The van der Waals surface area contributed by atoms with Crippen LogP contribution in [-0.4, -0.2) is 16.3 Å². The van der Waals surface area contributed by atoms with Gasteiger partial charge in [0.2, 0.25) is 0 Å². The summed E-state index contributed by atoms with van der Waals surface area (Å²) >= 11 is 1.53. The van der Waals surface area contributed by atoms with Crippen molar-refractivity contribution in [1.82, 2.24) is 4.57 Å². The highest BCUT2D eigenvalue weighted by atomic mass is 32.2. The summed E-state index contributed by atoms with van der Waals surface area (Å²) in [4.78, 5) is 13.8. The van der Waals surface area contributed by atoms with Crippen LogP contribution in [0.4, 0.5) is 4.79 Å². The maximum Gasteiger partial charge on any atom is 0.419 e. The van der Waals surface area contributed by atoms with Gasteiger partial charge in [0.15, 0.2) is 5.09 Å². The van der Waals surface area contributed by atoms with E-state index in [0.717, 1.165) is 37.6 Å². The van der Waals surface area contributed by atoms with Gasteiger partial charge >= 0.3 is 6.09 Å². The maximum absolute atomic E-state index is 12.8. The molecule has 0 N–H and O–H groups in total. The highest BCUT2D eigenvalue weighted by molar-refractivity contribution is 7.99. The van der Waals surface area contributed by atoms with E-state index in [1.54, 1.807) is 4.57 Å². The van der Waals surface area contributed by atoms with Crippen molar-refractivity contribution in [3.05, 3.63) is 60.3 Å². The van der Waals surface area contributed by atoms with Gasteiger partial charge < -0.3 is 9.15 Å². The third-order valence-electron chi connectivity index (χ3n) is 4.24. The normalized spacial score (nSPS) is 12.0. The first-order valence-electron chi connectivity index (χ1n) is 8.83. The number of hydrogen-bond donors (Lipinski definition) is 0. The van der Waals surface area contributed by atoms with E-state index in [1.807, 2.05) is 82.3 Å². The average molecular weight is 379 g/mol. The fourth-order valence-corrected chi connectivity index (χ4v) is 4.16. The van der Waals surface area contributed by atoms with E-state index in [0.29, 0.717) is 0 Å². The van der Waals surface area contributed by atoms with Crippen LogP contribution in [0.5, 0.6) is 0 Å². The number of ether oxygens (including phenoxy) is 1. The van der Waals surface area contributed by atoms with Crippen LogP contribution in [0, 0.1) is 6.92 Å². The number of carbonyl (C=O) groups excluding carboxylic acids is 1. The molecule has 2 aromatic heterocycles. The molecule has 0 unspecified atom stereocenters. The summed E-state index contributed by atoms with van der Waals surface area (Å²) in [6.07, 6.45) is -0.368. The molecular formula is C22H21NO3S. The fraction of sp³-hybridized carbons (Fsp3) is 0.227. The molecule has 138 valence electrons. The van der Waals surface area contributed by atoms with Crippen molar-refractivity contribution in [3.63, 3.8) is 0 Å². The molecule has 0 aliphatic rings. The molecule has 2 aromatic carbocycles. The Morgan fingerprint density at radius 2 is 1.78 bits per heavy atom. The van der Waals surface area contributed by atoms with Crippen molar-refractivity contribution in [1.29, 1.82) is 0 Å². The molecule has 27 heavy (non-hydrogen) atoms. The lowest BCUT2D eigenvalue weighted by Gasteiger charge is -2.20. The number of hydrogen-bond acceptors (Lipinski definition) is 4. The second kappa shape index (κ2) is 6.50. The minimum atomic E-state index is -0.555. The molecule has 0 aliphatic heterocycles. The van der Waals surface area contributed by atoms with E-state index in [9.17, 15) is 4.79 Å². The van der Waals surface area contributed by atoms with Gasteiger partial charge in [0.25, 0.3) is 0 Å². The van der Waals surface area contributed by atoms with E-state index < -0.39 is 5.60 Å². The topological polar surface area (TPSA) is 44.4 Å². The number of furan rings is 1. The number of aromatic nitrogens is 1. The van der Waals surface area contributed by atoms with Gasteiger partial charge in [-0.25, -0.2) is 9.36 Å². The molecule has 5 heteroatoms. The number of rotatable bonds is 2. The van der Waals surface area contributed by atoms with Gasteiger partial charge in [-0.1, -0.05) is 36.4 Å². The smallest absolute Gasteiger partial charge is 0.419 e. The Balaban J connectivity index is 1.81. The lowest BCUT2D eigenvalue weighted by Crippen LogP contribution is -2.27. The van der Waals surface area contributed by atoms with Gasteiger partial charge in [-0.05, 0) is 57.7 Å². The van der Waals surface area contributed by atoms with Crippen molar-refractivity contribution in [2.75, 3.05) is 0 Å². The average Bonchev–Trinajstić information content (AvgIpc) is 3.12. The Morgan fingerprint density at radius 1 is 1.07 bits per heavy atom. The van der Waals surface area contributed by atoms with Crippen LogP contribution in [0.1, 0.15) is 26.5 Å². The van der Waals surface area contributed by atoms with Crippen molar-refractivity contribution in [2.24, 2.45) is 0 Å². The zero-order chi connectivity index (χ0) is 19.2. The first kappa shape index (κ1) is 17.7. The van der Waals surface area contributed by atoms with Gasteiger partial charge in [0, 0.05) is 21.4 Å². The summed E-state index contributed by atoms with van der Waals surface area (Å²) < 4.78 is 13.2. The molecule has 0 spiro atoms. The Morgan fingerprint density at radius 3 is 2.52 bits per heavy atom. The summed E-state index contributed by atoms with van der Waals surface area (Å²) in [6, 6.07) is 17.8. The van der Waals surface area contributed by atoms with E-state index in [1.165, 1.54) is 11.8 Å². The second-order valence-electron chi connectivity index (χ2n) is 7.45. The van der Waals surface area contributed by atoms with Crippen molar-refractivity contribution < 1.29 is 13.9 Å². The van der Waals surface area contributed by atoms with Crippen LogP contribution >= 0.6 is 11.8 Å². The zero-order valence-corrected chi connectivity index (χ0v) is 16.6. The molecule has 4 nitrogen and oxygen atoms in total. The molecule has 2 heterocycles. The van der Waals surface area contributed by atoms with Crippen molar-refractivity contribution >= 4 is 39.7 Å². The molecule has 0 saturated carbocycles. The van der Waals surface area contributed by atoms with Crippen LogP contribution in [0.15, 0.2) is 69.0 Å². The second-order valence-corrected chi connectivity index (χ2v) is 8.47. The molecule has 4 rings (SSSR count). The number of carbonyl (C=O) groups is 1. The van der Waals surface area contributed by atoms with Crippen LogP contribution in [-0.2, 0) is 4.74 Å². The number of benzene rings is 2. The van der Waals surface area contributed by atoms with Gasteiger partial charge in [0.05, 0.1) is 5.52 Å². The summed E-state index contributed by atoms with van der Waals surface area (Å²) in [6.45, 7) is 7.55. The molecule has 4 aromatic rings. The monoisotopic (exact) mass is 379 g/mol. The molecule has 0 aliphatic carbocycles. The highest BCUT2D eigenvalue weighted by Crippen LogP contribution is 2.40. The van der Waals surface area contributed by atoms with E-state index >= 15 is 0 Å². The summed E-state index contributed by atoms with van der Waals surface area (Å²) in [5, 5.41) is 2.87. The maximum atomic E-state index is 12.8. The van der Waals surface area contributed by atoms with Crippen LogP contribution in [0.3, 0.4) is 0 Å². The van der Waals surface area contributed by atoms with Crippen LogP contribution < -0.4 is 0 Å². The van der Waals surface area contributed by atoms with Crippen molar-refractivity contribution in [2.45, 2.75) is 43.3 Å². The Labute approximate surface area is 162 Å². The molecular weight excluding hydrogens is 358 g/mol. The minimum absolute atomic E-state index is 0.368. The van der Waals surface area contributed by atoms with E-state index in [2.05, 4.69) is 0 Å². The van der Waals surface area contributed by atoms with Crippen LogP contribution in [0.2, 0.25) is 0 Å².